The van der Waals surface area contributed by atoms with E-state index in [2.05, 4.69) is 10.3 Å². The molecule has 1 aromatic heterocycles. The molecule has 5 nitrogen and oxygen atoms in total. The predicted octanol–water partition coefficient (Wildman–Crippen LogP) is 1.61. The molecule has 0 bridgehead atoms. The van der Waals surface area contributed by atoms with Gasteiger partial charge in [-0.25, -0.2) is 4.98 Å². The van der Waals surface area contributed by atoms with Crippen LogP contribution in [0.3, 0.4) is 0 Å². The first-order valence-electron chi connectivity index (χ1n) is 6.69. The maximum atomic E-state index is 11.9. The molecule has 112 valence electrons. The molecule has 1 aromatic rings. The summed E-state index contributed by atoms with van der Waals surface area (Å²) in [6.45, 7) is 8.20. The summed E-state index contributed by atoms with van der Waals surface area (Å²) >= 11 is 1.60. The van der Waals surface area contributed by atoms with Crippen LogP contribution in [0, 0.1) is 12.8 Å². The quantitative estimate of drug-likeness (QED) is 0.830. The van der Waals surface area contributed by atoms with Gasteiger partial charge in [0.1, 0.15) is 0 Å². The van der Waals surface area contributed by atoms with Crippen molar-refractivity contribution < 1.29 is 9.59 Å². The Morgan fingerprint density at radius 3 is 2.55 bits per heavy atom. The molecule has 1 N–H and O–H groups in total. The summed E-state index contributed by atoms with van der Waals surface area (Å²) in [5, 5.41) is 5.81. The zero-order valence-electron chi connectivity index (χ0n) is 12.8. The van der Waals surface area contributed by atoms with E-state index >= 15 is 0 Å². The number of Topliss-reactive ketones (excluding diaryl/α,β-unsaturated/α-hetero) is 1. The van der Waals surface area contributed by atoms with Gasteiger partial charge in [-0.3, -0.25) is 14.5 Å². The highest BCUT2D eigenvalue weighted by Crippen LogP contribution is 2.09. The van der Waals surface area contributed by atoms with Crippen LogP contribution in [0.2, 0.25) is 0 Å². The Labute approximate surface area is 124 Å². The number of nitrogens with one attached hydrogen (secondary N) is 1. The van der Waals surface area contributed by atoms with Crippen molar-refractivity contribution in [3.05, 3.63) is 16.1 Å². The van der Waals surface area contributed by atoms with Gasteiger partial charge in [0.05, 0.1) is 23.3 Å². The minimum atomic E-state index is -0.405. The number of thiazole rings is 1. The van der Waals surface area contributed by atoms with E-state index in [9.17, 15) is 9.59 Å². The third kappa shape index (κ3) is 5.38. The molecule has 0 saturated heterocycles. The van der Waals surface area contributed by atoms with Gasteiger partial charge in [0.15, 0.2) is 5.78 Å². The smallest absolute Gasteiger partial charge is 0.234 e. The van der Waals surface area contributed by atoms with Crippen molar-refractivity contribution in [1.82, 2.24) is 15.2 Å². The van der Waals surface area contributed by atoms with E-state index in [1.807, 2.05) is 38.1 Å². The zero-order chi connectivity index (χ0) is 15.3. The Kier molecular flexibility index (Phi) is 6.29. The fourth-order valence-corrected chi connectivity index (χ4v) is 2.62. The number of likely N-dealkylation sites (N-methyl/N-ethyl adjacent to an activating group) is 1. The summed E-state index contributed by atoms with van der Waals surface area (Å²) in [5.74, 6) is -0.0394. The lowest BCUT2D eigenvalue weighted by atomic mass is 10.0. The van der Waals surface area contributed by atoms with Crippen LogP contribution < -0.4 is 5.32 Å². The zero-order valence-corrected chi connectivity index (χ0v) is 13.6. The minimum Gasteiger partial charge on any atom is -0.345 e. The lowest BCUT2D eigenvalue weighted by Gasteiger charge is -2.21. The summed E-state index contributed by atoms with van der Waals surface area (Å²) in [7, 11) is 1.87. The van der Waals surface area contributed by atoms with Crippen molar-refractivity contribution in [2.75, 3.05) is 13.6 Å². The van der Waals surface area contributed by atoms with Crippen LogP contribution in [0.5, 0.6) is 0 Å². The van der Waals surface area contributed by atoms with E-state index in [4.69, 9.17) is 0 Å². The van der Waals surface area contributed by atoms with Crippen molar-refractivity contribution in [2.24, 2.45) is 5.92 Å². The first-order chi connectivity index (χ1) is 9.29. The number of nitrogens with zero attached hydrogens (tertiary/aromatic N) is 2. The van der Waals surface area contributed by atoms with E-state index < -0.39 is 6.04 Å². The van der Waals surface area contributed by atoms with Crippen molar-refractivity contribution in [3.8, 4) is 0 Å². The lowest BCUT2D eigenvalue weighted by Crippen LogP contribution is -2.46. The molecule has 0 aliphatic rings. The fraction of sp³-hybridized carbons (Fsp3) is 0.643. The number of hydrogen-bond donors (Lipinski definition) is 1. The standard InChI is InChI=1S/C14H23N3O2S/c1-9(2)14(10(3)18)16-13(19)7-17(5)6-12-8-20-11(4)15-12/h8-9,14H,6-7H2,1-5H3,(H,16,19). The minimum absolute atomic E-state index is 0.00821. The molecule has 0 aliphatic carbocycles. The highest BCUT2D eigenvalue weighted by molar-refractivity contribution is 7.09. The highest BCUT2D eigenvalue weighted by atomic mass is 32.1. The third-order valence-electron chi connectivity index (χ3n) is 2.93. The number of carbonyl (C=O) groups is 2. The molecule has 1 unspecified atom stereocenters. The Balaban J connectivity index is 2.46. The Bertz CT molecular complexity index is 471. The number of rotatable bonds is 7. The van der Waals surface area contributed by atoms with Gasteiger partial charge in [-0.2, -0.15) is 0 Å². The summed E-state index contributed by atoms with van der Waals surface area (Å²) in [5.41, 5.74) is 0.967. The van der Waals surface area contributed by atoms with Crippen LogP contribution in [-0.2, 0) is 16.1 Å². The van der Waals surface area contributed by atoms with Gasteiger partial charge in [-0.15, -0.1) is 11.3 Å². The predicted molar refractivity (Wildman–Crippen MR) is 80.6 cm³/mol. The van der Waals surface area contributed by atoms with E-state index in [1.54, 1.807) is 11.3 Å². The number of carbonyl (C=O) groups excluding carboxylic acids is 2. The molecular formula is C14H23N3O2S. The monoisotopic (exact) mass is 297 g/mol. The summed E-state index contributed by atoms with van der Waals surface area (Å²) in [6.07, 6.45) is 0. The number of hydrogen-bond acceptors (Lipinski definition) is 5. The average molecular weight is 297 g/mol. The molecule has 0 spiro atoms. The second-order valence-electron chi connectivity index (χ2n) is 5.43. The molecule has 1 rings (SSSR count). The van der Waals surface area contributed by atoms with Gasteiger partial charge in [0, 0.05) is 11.9 Å². The molecule has 0 saturated carbocycles. The van der Waals surface area contributed by atoms with Crippen LogP contribution >= 0.6 is 11.3 Å². The van der Waals surface area contributed by atoms with Gasteiger partial charge < -0.3 is 5.32 Å². The number of ketones is 1. The molecule has 20 heavy (non-hydrogen) atoms. The highest BCUT2D eigenvalue weighted by Gasteiger charge is 2.21. The average Bonchev–Trinajstić information content (AvgIpc) is 2.70. The van der Waals surface area contributed by atoms with E-state index in [-0.39, 0.29) is 24.2 Å². The Morgan fingerprint density at radius 2 is 2.10 bits per heavy atom. The number of amides is 1. The van der Waals surface area contributed by atoms with Crippen molar-refractivity contribution in [2.45, 2.75) is 40.3 Å². The summed E-state index contributed by atoms with van der Waals surface area (Å²) < 4.78 is 0. The summed E-state index contributed by atoms with van der Waals surface area (Å²) in [6, 6.07) is -0.405. The SMILES string of the molecule is CC(=O)C(NC(=O)CN(C)Cc1csc(C)n1)C(C)C. The number of aromatic nitrogens is 1. The van der Waals surface area contributed by atoms with E-state index in [0.717, 1.165) is 10.7 Å². The molecule has 1 atom stereocenters. The van der Waals surface area contributed by atoms with Gasteiger partial charge in [0.25, 0.3) is 0 Å². The van der Waals surface area contributed by atoms with Crippen LogP contribution in [-0.4, -0.2) is 41.2 Å². The molecule has 0 fully saturated rings. The van der Waals surface area contributed by atoms with Crippen LogP contribution in [0.1, 0.15) is 31.5 Å². The van der Waals surface area contributed by atoms with Crippen LogP contribution in [0.25, 0.3) is 0 Å². The maximum absolute atomic E-state index is 11.9. The van der Waals surface area contributed by atoms with Crippen molar-refractivity contribution >= 4 is 23.0 Å². The maximum Gasteiger partial charge on any atom is 0.234 e. The Hall–Kier alpha value is -1.27. The second kappa shape index (κ2) is 7.50. The normalized spacial score (nSPS) is 12.8. The molecule has 0 radical (unpaired) electrons. The topological polar surface area (TPSA) is 62.3 Å². The Morgan fingerprint density at radius 1 is 1.45 bits per heavy atom. The van der Waals surface area contributed by atoms with Gasteiger partial charge in [-0.1, -0.05) is 13.8 Å². The third-order valence-corrected chi connectivity index (χ3v) is 3.76. The summed E-state index contributed by atoms with van der Waals surface area (Å²) in [4.78, 5) is 29.7. The molecule has 6 heteroatoms. The van der Waals surface area contributed by atoms with E-state index in [1.165, 1.54) is 6.92 Å². The van der Waals surface area contributed by atoms with Crippen molar-refractivity contribution in [3.63, 3.8) is 0 Å². The largest absolute Gasteiger partial charge is 0.345 e. The van der Waals surface area contributed by atoms with Gasteiger partial charge >= 0.3 is 0 Å². The van der Waals surface area contributed by atoms with Gasteiger partial charge in [0.2, 0.25) is 5.91 Å². The molecular weight excluding hydrogens is 274 g/mol. The first kappa shape index (κ1) is 16.8. The molecule has 0 aromatic carbocycles. The molecule has 1 heterocycles. The lowest BCUT2D eigenvalue weighted by molar-refractivity contribution is -0.128. The van der Waals surface area contributed by atoms with E-state index in [0.29, 0.717) is 6.54 Å². The fourth-order valence-electron chi connectivity index (χ4n) is 2.02. The molecule has 1 amide bonds. The second-order valence-corrected chi connectivity index (χ2v) is 6.49. The number of aryl methyl sites for hydroxylation is 1. The first-order valence-corrected chi connectivity index (χ1v) is 7.57. The molecule has 0 aliphatic heterocycles. The van der Waals surface area contributed by atoms with Gasteiger partial charge in [-0.05, 0) is 26.8 Å². The van der Waals surface area contributed by atoms with Crippen LogP contribution in [0.15, 0.2) is 5.38 Å². The van der Waals surface area contributed by atoms with Crippen LogP contribution in [0.4, 0.5) is 0 Å². The van der Waals surface area contributed by atoms with Crippen molar-refractivity contribution in [1.29, 1.82) is 0 Å².